The molecule has 1 unspecified atom stereocenters. The van der Waals surface area contributed by atoms with Crippen molar-refractivity contribution < 1.29 is 24.1 Å². The highest BCUT2D eigenvalue weighted by atomic mass is 16.7. The fourth-order valence-corrected chi connectivity index (χ4v) is 2.86. The van der Waals surface area contributed by atoms with Crippen LogP contribution in [0.25, 0.3) is 0 Å². The molecule has 0 rings (SSSR count). The minimum atomic E-state index is -1.17. The van der Waals surface area contributed by atoms with Gasteiger partial charge in [-0.25, -0.2) is 4.79 Å². The van der Waals surface area contributed by atoms with Gasteiger partial charge in [0.15, 0.2) is 0 Å². The summed E-state index contributed by atoms with van der Waals surface area (Å²) in [5, 5.41) is 9.04. The normalized spacial score (nSPS) is 12.4. The van der Waals surface area contributed by atoms with Crippen molar-refractivity contribution in [3.8, 4) is 0 Å². The number of hydrogen-bond acceptors (Lipinski definition) is 4. The van der Waals surface area contributed by atoms with E-state index in [9.17, 15) is 4.79 Å². The number of ether oxygens (including phenoxy) is 3. The third-order valence-electron chi connectivity index (χ3n) is 4.42. The molecule has 26 heavy (non-hydrogen) atoms. The van der Waals surface area contributed by atoms with Gasteiger partial charge >= 0.3 is 5.97 Å². The first kappa shape index (κ1) is 25.4. The van der Waals surface area contributed by atoms with Crippen molar-refractivity contribution in [3.63, 3.8) is 0 Å². The lowest BCUT2D eigenvalue weighted by molar-refractivity contribution is -0.192. The zero-order valence-electron chi connectivity index (χ0n) is 17.2. The first-order valence-corrected chi connectivity index (χ1v) is 10.8. The molecule has 0 heterocycles. The largest absolute Gasteiger partial charge is 0.477 e. The second-order valence-corrected chi connectivity index (χ2v) is 6.85. The number of hydrogen-bond donors (Lipinski definition) is 1. The molecule has 0 saturated carbocycles. The van der Waals surface area contributed by atoms with Gasteiger partial charge in [-0.3, -0.25) is 0 Å². The van der Waals surface area contributed by atoms with Crippen molar-refractivity contribution in [2.24, 2.45) is 0 Å². The molecule has 0 aliphatic rings. The van der Waals surface area contributed by atoms with Gasteiger partial charge in [0.25, 0.3) is 6.29 Å². The summed E-state index contributed by atoms with van der Waals surface area (Å²) in [6.45, 7) is 5.81. The predicted molar refractivity (Wildman–Crippen MR) is 106 cm³/mol. The fraction of sp³-hybridized carbons (Fsp3) is 0.952. The van der Waals surface area contributed by atoms with E-state index in [1.165, 1.54) is 70.6 Å². The van der Waals surface area contributed by atoms with Gasteiger partial charge in [0, 0.05) is 6.61 Å². The average molecular weight is 375 g/mol. The Balaban J connectivity index is 3.33. The molecule has 0 aliphatic carbocycles. The Morgan fingerprint density at radius 2 is 1.15 bits per heavy atom. The molecule has 1 atom stereocenters. The minimum Gasteiger partial charge on any atom is -0.477 e. The molecule has 156 valence electrons. The van der Waals surface area contributed by atoms with Crippen LogP contribution in [0.3, 0.4) is 0 Å². The van der Waals surface area contributed by atoms with Crippen LogP contribution in [0.4, 0.5) is 0 Å². The van der Waals surface area contributed by atoms with Crippen LogP contribution in [0.5, 0.6) is 0 Å². The van der Waals surface area contributed by atoms with Gasteiger partial charge in [-0.15, -0.1) is 0 Å². The maximum atomic E-state index is 11.0. The van der Waals surface area contributed by atoms with Gasteiger partial charge in [-0.1, -0.05) is 84.0 Å². The molecule has 0 aromatic carbocycles. The smallest absolute Gasteiger partial charge is 0.361 e. The van der Waals surface area contributed by atoms with E-state index in [4.69, 9.17) is 19.3 Å². The second-order valence-electron chi connectivity index (χ2n) is 6.85. The Morgan fingerprint density at radius 1 is 0.692 bits per heavy atom. The predicted octanol–water partition coefficient (Wildman–Crippen LogP) is 5.56. The third kappa shape index (κ3) is 18.2. The quantitative estimate of drug-likeness (QED) is 0.210. The highest BCUT2D eigenvalue weighted by molar-refractivity contribution is 5.70. The van der Waals surface area contributed by atoms with E-state index in [-0.39, 0.29) is 6.61 Å². The van der Waals surface area contributed by atoms with Gasteiger partial charge in [-0.2, -0.15) is 0 Å². The molecule has 0 spiro atoms. The first-order valence-electron chi connectivity index (χ1n) is 10.8. The summed E-state index contributed by atoms with van der Waals surface area (Å²) in [5.74, 6) is -1.07. The zero-order valence-corrected chi connectivity index (χ0v) is 17.2. The van der Waals surface area contributed by atoms with Gasteiger partial charge in [0.2, 0.25) is 0 Å². The van der Waals surface area contributed by atoms with Crippen LogP contribution in [0.2, 0.25) is 0 Å². The van der Waals surface area contributed by atoms with Crippen LogP contribution in [0.1, 0.15) is 97.3 Å². The molecule has 0 aromatic heterocycles. The summed E-state index contributed by atoms with van der Waals surface area (Å²) in [5.41, 5.74) is 0. The maximum absolute atomic E-state index is 11.0. The van der Waals surface area contributed by atoms with Crippen LogP contribution >= 0.6 is 0 Å². The molecule has 1 N–H and O–H groups in total. The molecule has 0 fully saturated rings. The van der Waals surface area contributed by atoms with Crippen LogP contribution in [0.15, 0.2) is 0 Å². The lowest BCUT2D eigenvalue weighted by Crippen LogP contribution is -2.29. The molecule has 0 bridgehead atoms. The monoisotopic (exact) mass is 374 g/mol. The summed E-state index contributed by atoms with van der Waals surface area (Å²) in [4.78, 5) is 11.0. The summed E-state index contributed by atoms with van der Waals surface area (Å²) < 4.78 is 15.6. The number of carboxylic acid groups (broad SMARTS) is 1. The molecular weight excluding hydrogens is 332 g/mol. The number of carbonyl (C=O) groups is 1. The minimum absolute atomic E-state index is 0.239. The number of unbranched alkanes of at least 4 members (excludes halogenated alkanes) is 12. The topological polar surface area (TPSA) is 65.0 Å². The van der Waals surface area contributed by atoms with Gasteiger partial charge in [0.1, 0.15) is 0 Å². The van der Waals surface area contributed by atoms with Gasteiger partial charge < -0.3 is 19.3 Å². The van der Waals surface area contributed by atoms with Gasteiger partial charge in [-0.05, 0) is 13.3 Å². The molecule has 0 amide bonds. The molecule has 0 aromatic rings. The molecular formula is C21H42O5. The van der Waals surface area contributed by atoms with Crippen LogP contribution in [-0.2, 0) is 19.0 Å². The Hall–Kier alpha value is -0.650. The number of aliphatic carboxylic acids is 1. The van der Waals surface area contributed by atoms with E-state index in [0.717, 1.165) is 12.8 Å². The van der Waals surface area contributed by atoms with E-state index in [1.807, 2.05) is 6.92 Å². The van der Waals surface area contributed by atoms with Crippen LogP contribution in [-0.4, -0.2) is 43.8 Å². The zero-order chi connectivity index (χ0) is 19.3. The highest BCUT2D eigenvalue weighted by Crippen LogP contribution is 2.12. The Labute approximate surface area is 160 Å². The van der Waals surface area contributed by atoms with Crippen molar-refractivity contribution in [3.05, 3.63) is 0 Å². The summed E-state index contributed by atoms with van der Waals surface area (Å²) >= 11 is 0. The number of carboxylic acids is 1. The van der Waals surface area contributed by atoms with Crippen molar-refractivity contribution in [2.75, 3.05) is 26.4 Å². The van der Waals surface area contributed by atoms with Crippen molar-refractivity contribution in [1.29, 1.82) is 0 Å². The Morgan fingerprint density at radius 3 is 1.62 bits per heavy atom. The van der Waals surface area contributed by atoms with Crippen molar-refractivity contribution in [2.45, 2.75) is 104 Å². The van der Waals surface area contributed by atoms with E-state index in [1.54, 1.807) is 0 Å². The standard InChI is InChI=1S/C21H42O5/c1-3-5-6-7-8-9-10-11-12-13-14-15-16-17-25-21(20(22)23)26-19-18-24-4-2/h21H,3-19H2,1-2H3,(H,22,23). The molecule has 0 aliphatic heterocycles. The summed E-state index contributed by atoms with van der Waals surface area (Å²) in [6.07, 6.45) is 15.6. The summed E-state index contributed by atoms with van der Waals surface area (Å²) in [7, 11) is 0. The third-order valence-corrected chi connectivity index (χ3v) is 4.42. The summed E-state index contributed by atoms with van der Waals surface area (Å²) in [6, 6.07) is 0. The Bertz CT molecular complexity index is 296. The molecule has 0 radical (unpaired) electrons. The fourth-order valence-electron chi connectivity index (χ4n) is 2.86. The molecule has 5 nitrogen and oxygen atoms in total. The number of rotatable bonds is 21. The van der Waals surface area contributed by atoms with Crippen LogP contribution < -0.4 is 0 Å². The molecule has 5 heteroatoms. The van der Waals surface area contributed by atoms with E-state index in [0.29, 0.717) is 19.8 Å². The van der Waals surface area contributed by atoms with Crippen LogP contribution in [0, 0.1) is 0 Å². The van der Waals surface area contributed by atoms with E-state index in [2.05, 4.69) is 6.92 Å². The van der Waals surface area contributed by atoms with Crippen molar-refractivity contribution >= 4 is 5.97 Å². The first-order chi connectivity index (χ1) is 12.7. The van der Waals surface area contributed by atoms with E-state index < -0.39 is 12.3 Å². The maximum Gasteiger partial charge on any atom is 0.361 e. The van der Waals surface area contributed by atoms with Gasteiger partial charge in [0.05, 0.1) is 19.8 Å². The van der Waals surface area contributed by atoms with Crippen molar-refractivity contribution in [1.82, 2.24) is 0 Å². The SMILES string of the molecule is CCCCCCCCCCCCCCCOC(OCCOCC)C(=O)O. The highest BCUT2D eigenvalue weighted by Gasteiger charge is 2.18. The lowest BCUT2D eigenvalue weighted by atomic mass is 10.0. The Kier molecular flexibility index (Phi) is 20.1. The second kappa shape index (κ2) is 20.7. The average Bonchev–Trinajstić information content (AvgIpc) is 2.63. The van der Waals surface area contributed by atoms with E-state index >= 15 is 0 Å². The molecule has 0 saturated heterocycles. The lowest BCUT2D eigenvalue weighted by Gasteiger charge is -2.14.